The Labute approximate surface area is 187 Å². The molecule has 1 saturated carbocycles. The first kappa shape index (κ1) is 21.2. The van der Waals surface area contributed by atoms with Gasteiger partial charge in [0.25, 0.3) is 5.91 Å². The molecule has 2 heterocycles. The number of aliphatic imine (C=N–C) groups is 1. The van der Waals surface area contributed by atoms with Crippen molar-refractivity contribution in [2.24, 2.45) is 4.99 Å². The van der Waals surface area contributed by atoms with Crippen molar-refractivity contribution in [2.75, 3.05) is 13.1 Å². The maximum atomic E-state index is 13.1. The first-order valence-corrected chi connectivity index (χ1v) is 11.6. The van der Waals surface area contributed by atoms with Gasteiger partial charge in [-0.05, 0) is 56.9 Å². The molecule has 6 heteroatoms. The number of amides is 1. The zero-order chi connectivity index (χ0) is 21.6. The van der Waals surface area contributed by atoms with Crippen LogP contribution in [0.5, 0.6) is 0 Å². The summed E-state index contributed by atoms with van der Waals surface area (Å²) in [7, 11) is 0. The smallest absolute Gasteiger partial charge is 0.274 e. The third-order valence-electron chi connectivity index (χ3n) is 6.71. The van der Waals surface area contributed by atoms with Gasteiger partial charge in [0.1, 0.15) is 11.5 Å². The first-order chi connectivity index (χ1) is 14.2. The van der Waals surface area contributed by atoms with Crippen molar-refractivity contribution < 1.29 is 9.90 Å². The van der Waals surface area contributed by atoms with Crippen molar-refractivity contribution >= 4 is 27.7 Å². The number of amidine groups is 1. The molecule has 0 aromatic heterocycles. The second-order valence-corrected chi connectivity index (χ2v) is 10.0. The molecule has 1 N–H and O–H groups in total. The minimum absolute atomic E-state index is 0.00997. The van der Waals surface area contributed by atoms with Crippen LogP contribution in [0.3, 0.4) is 0 Å². The second-order valence-electron chi connectivity index (χ2n) is 9.10. The van der Waals surface area contributed by atoms with Crippen molar-refractivity contribution in [3.05, 3.63) is 57.5 Å². The van der Waals surface area contributed by atoms with Crippen LogP contribution in [0, 0.1) is 6.92 Å². The molecule has 1 aromatic carbocycles. The summed E-state index contributed by atoms with van der Waals surface area (Å²) in [6, 6.07) is 6.73. The summed E-state index contributed by atoms with van der Waals surface area (Å²) < 4.78 is 1.10. The molecule has 0 unspecified atom stereocenters. The Balaban J connectivity index is 1.71. The first-order valence-electron chi connectivity index (χ1n) is 10.8. The number of halogens is 1. The van der Waals surface area contributed by atoms with Gasteiger partial charge in [-0.1, -0.05) is 41.4 Å². The van der Waals surface area contributed by atoms with E-state index >= 15 is 0 Å². The summed E-state index contributed by atoms with van der Waals surface area (Å²) in [6.45, 7) is 11.3. The molecule has 0 spiro atoms. The zero-order valence-electron chi connectivity index (χ0n) is 18.0. The van der Waals surface area contributed by atoms with Crippen LogP contribution < -0.4 is 0 Å². The molecule has 1 amide bonds. The maximum Gasteiger partial charge on any atom is 0.274 e. The minimum atomic E-state index is -0.138. The summed E-state index contributed by atoms with van der Waals surface area (Å²) in [5.74, 6) is 0.623. The van der Waals surface area contributed by atoms with Crippen molar-refractivity contribution in [2.45, 2.75) is 64.3 Å². The van der Waals surface area contributed by atoms with Gasteiger partial charge in [-0.2, -0.15) is 0 Å². The van der Waals surface area contributed by atoms with Crippen molar-refractivity contribution in [1.82, 2.24) is 9.80 Å². The molecule has 1 saturated heterocycles. The Morgan fingerprint density at radius 1 is 1.23 bits per heavy atom. The van der Waals surface area contributed by atoms with Crippen LogP contribution in [0.2, 0.25) is 0 Å². The van der Waals surface area contributed by atoms with Gasteiger partial charge in [0.15, 0.2) is 11.5 Å². The van der Waals surface area contributed by atoms with E-state index in [1.165, 1.54) is 24.0 Å². The molecule has 160 valence electrons. The monoisotopic (exact) mass is 471 g/mol. The highest BCUT2D eigenvalue weighted by Crippen LogP contribution is 2.46. The number of nitrogens with zero attached hydrogens (tertiary/aromatic N) is 3. The Bertz CT molecular complexity index is 937. The molecule has 0 radical (unpaired) electrons. The summed E-state index contributed by atoms with van der Waals surface area (Å²) >= 11 is 3.66. The van der Waals surface area contributed by atoms with E-state index in [1.54, 1.807) is 4.90 Å². The van der Waals surface area contributed by atoms with Gasteiger partial charge < -0.3 is 14.9 Å². The van der Waals surface area contributed by atoms with E-state index in [9.17, 15) is 9.90 Å². The Kier molecular flexibility index (Phi) is 5.56. The number of benzene rings is 1. The molecule has 2 aliphatic heterocycles. The predicted octanol–water partition coefficient (Wildman–Crippen LogP) is 5.21. The fraction of sp³-hybridized carbons (Fsp3) is 0.500. The van der Waals surface area contributed by atoms with Crippen LogP contribution in [0.1, 0.15) is 57.1 Å². The van der Waals surface area contributed by atoms with E-state index in [2.05, 4.69) is 52.6 Å². The summed E-state index contributed by atoms with van der Waals surface area (Å²) in [5.41, 5.74) is 3.17. The van der Waals surface area contributed by atoms with Crippen molar-refractivity contribution in [3.63, 3.8) is 0 Å². The lowest BCUT2D eigenvalue weighted by Gasteiger charge is -2.43. The van der Waals surface area contributed by atoms with E-state index in [0.29, 0.717) is 18.8 Å². The highest BCUT2D eigenvalue weighted by atomic mass is 79.9. The SMILES string of the molecule is C=C1N=C(CC2(c3cc(C)cc(Br)c3)CCCC2)N2CCN(C(C)C)C(=O)C2=C1O. The van der Waals surface area contributed by atoms with Crippen LogP contribution in [0.25, 0.3) is 0 Å². The zero-order valence-corrected chi connectivity index (χ0v) is 19.6. The number of piperazine rings is 1. The molecule has 4 rings (SSSR count). The van der Waals surface area contributed by atoms with E-state index in [0.717, 1.165) is 29.6 Å². The summed E-state index contributed by atoms with van der Waals surface area (Å²) in [6.07, 6.45) is 5.31. The normalized spacial score (nSPS) is 21.4. The Morgan fingerprint density at radius 2 is 1.93 bits per heavy atom. The van der Waals surface area contributed by atoms with Crippen LogP contribution in [-0.4, -0.2) is 45.8 Å². The Morgan fingerprint density at radius 3 is 2.57 bits per heavy atom. The molecule has 0 bridgehead atoms. The van der Waals surface area contributed by atoms with Gasteiger partial charge in [0.2, 0.25) is 0 Å². The van der Waals surface area contributed by atoms with Crippen LogP contribution in [0.15, 0.2) is 51.4 Å². The van der Waals surface area contributed by atoms with Gasteiger partial charge in [-0.3, -0.25) is 4.79 Å². The summed E-state index contributed by atoms with van der Waals surface area (Å²) in [4.78, 5) is 21.6. The number of hydrogen-bond acceptors (Lipinski definition) is 4. The third-order valence-corrected chi connectivity index (χ3v) is 7.16. The highest BCUT2D eigenvalue weighted by Gasteiger charge is 2.43. The standard InChI is InChI=1S/C24H30BrN3O2/c1-15(2)27-9-10-28-20(26-17(4)22(29)21(28)23(27)30)14-24(7-5-6-8-24)18-11-16(3)12-19(25)13-18/h11-13,15,29H,4-10,14H2,1-3H3. The maximum absolute atomic E-state index is 13.1. The molecular formula is C24H30BrN3O2. The largest absolute Gasteiger partial charge is 0.504 e. The highest BCUT2D eigenvalue weighted by molar-refractivity contribution is 9.10. The van der Waals surface area contributed by atoms with E-state index < -0.39 is 0 Å². The lowest BCUT2D eigenvalue weighted by molar-refractivity contribution is -0.132. The fourth-order valence-electron chi connectivity index (χ4n) is 5.16. The molecule has 5 nitrogen and oxygen atoms in total. The molecule has 3 aliphatic rings. The van der Waals surface area contributed by atoms with Crippen LogP contribution >= 0.6 is 15.9 Å². The number of fused-ring (bicyclic) bond motifs is 1. The van der Waals surface area contributed by atoms with Gasteiger partial charge in [0, 0.05) is 35.4 Å². The van der Waals surface area contributed by atoms with Gasteiger partial charge in [-0.25, -0.2) is 4.99 Å². The number of aliphatic hydroxyl groups is 1. The number of carbonyl (C=O) groups excluding carboxylic acids is 1. The fourth-order valence-corrected chi connectivity index (χ4v) is 5.77. The lowest BCUT2D eigenvalue weighted by atomic mass is 9.75. The van der Waals surface area contributed by atoms with Gasteiger partial charge in [0.05, 0.1) is 0 Å². The molecular weight excluding hydrogens is 442 g/mol. The predicted molar refractivity (Wildman–Crippen MR) is 123 cm³/mol. The van der Waals surface area contributed by atoms with Gasteiger partial charge >= 0.3 is 0 Å². The summed E-state index contributed by atoms with van der Waals surface area (Å²) in [5, 5.41) is 10.7. The number of aliphatic hydroxyl groups excluding tert-OH is 1. The molecule has 1 aliphatic carbocycles. The van der Waals surface area contributed by atoms with E-state index in [-0.39, 0.29) is 28.8 Å². The quantitative estimate of drug-likeness (QED) is 0.655. The number of carbonyl (C=O) groups is 1. The van der Waals surface area contributed by atoms with Crippen LogP contribution in [0.4, 0.5) is 0 Å². The molecule has 1 aromatic rings. The topological polar surface area (TPSA) is 56.1 Å². The molecule has 0 atom stereocenters. The average molecular weight is 472 g/mol. The minimum Gasteiger partial charge on any atom is -0.504 e. The molecule has 2 fully saturated rings. The van der Waals surface area contributed by atoms with Crippen molar-refractivity contribution in [1.29, 1.82) is 0 Å². The van der Waals surface area contributed by atoms with E-state index in [1.807, 2.05) is 18.7 Å². The third kappa shape index (κ3) is 3.59. The Hall–Kier alpha value is -2.08. The van der Waals surface area contributed by atoms with Crippen LogP contribution in [-0.2, 0) is 10.2 Å². The lowest BCUT2D eigenvalue weighted by Crippen LogP contribution is -2.55. The molecule has 30 heavy (non-hydrogen) atoms. The van der Waals surface area contributed by atoms with E-state index in [4.69, 9.17) is 0 Å². The average Bonchev–Trinajstić information content (AvgIpc) is 3.14. The number of aryl methyl sites for hydroxylation is 1. The van der Waals surface area contributed by atoms with Crippen molar-refractivity contribution in [3.8, 4) is 0 Å². The van der Waals surface area contributed by atoms with Gasteiger partial charge in [-0.15, -0.1) is 0 Å². The number of rotatable bonds is 4. The number of hydrogen-bond donors (Lipinski definition) is 1. The second kappa shape index (κ2) is 7.88.